The van der Waals surface area contributed by atoms with Gasteiger partial charge in [0, 0.05) is 6.04 Å². The van der Waals surface area contributed by atoms with E-state index < -0.39 is 5.82 Å². The van der Waals surface area contributed by atoms with Crippen molar-refractivity contribution >= 4 is 6.08 Å². The second-order valence-electron chi connectivity index (χ2n) is 4.57. The lowest BCUT2D eigenvalue weighted by atomic mass is 10.1. The van der Waals surface area contributed by atoms with Crippen molar-refractivity contribution in [3.8, 4) is 6.01 Å². The van der Waals surface area contributed by atoms with Gasteiger partial charge in [0.1, 0.15) is 5.69 Å². The van der Waals surface area contributed by atoms with E-state index in [0.29, 0.717) is 12.6 Å². The van der Waals surface area contributed by atoms with Gasteiger partial charge in [-0.3, -0.25) is 0 Å². The van der Waals surface area contributed by atoms with E-state index in [4.69, 9.17) is 4.74 Å². The summed E-state index contributed by atoms with van der Waals surface area (Å²) in [6.07, 6.45) is 10.4. The fourth-order valence-electron chi connectivity index (χ4n) is 1.91. The molecule has 0 bridgehead atoms. The van der Waals surface area contributed by atoms with E-state index in [1.807, 2.05) is 6.20 Å². The molecule has 0 unspecified atom stereocenters. The summed E-state index contributed by atoms with van der Waals surface area (Å²) in [7, 11) is 0. The summed E-state index contributed by atoms with van der Waals surface area (Å²) in [6.45, 7) is 6.09. The Bertz CT molecular complexity index is 540. The van der Waals surface area contributed by atoms with Crippen LogP contribution in [0, 0.1) is 5.82 Å². The fourth-order valence-corrected chi connectivity index (χ4v) is 1.91. The molecule has 0 aliphatic carbocycles. The number of dihydropyridines is 1. The van der Waals surface area contributed by atoms with Crippen LogP contribution in [-0.4, -0.2) is 22.6 Å². The standard InChI is InChI=1S/C15H18FN3O/c1-3-14-13(16)10-18-15(19-14)20-8-4-5-12-6-7-17-11(2)9-12/h3,6-7,9-11,17H,1,4-5,8H2,2H3/t11-/m1/s1. The van der Waals surface area contributed by atoms with E-state index in [0.717, 1.165) is 19.0 Å². The molecule has 20 heavy (non-hydrogen) atoms. The van der Waals surface area contributed by atoms with Gasteiger partial charge in [-0.2, -0.15) is 4.98 Å². The Balaban J connectivity index is 1.79. The van der Waals surface area contributed by atoms with Crippen LogP contribution in [0.2, 0.25) is 0 Å². The predicted octanol–water partition coefficient (Wildman–Crippen LogP) is 2.85. The SMILES string of the molecule is C=Cc1nc(OCCCC2=C[C@@H](C)NC=C2)ncc1F. The third-order valence-corrected chi connectivity index (χ3v) is 2.90. The highest BCUT2D eigenvalue weighted by atomic mass is 19.1. The van der Waals surface area contributed by atoms with Gasteiger partial charge in [-0.25, -0.2) is 9.37 Å². The minimum atomic E-state index is -0.494. The molecule has 0 saturated heterocycles. The number of hydrogen-bond acceptors (Lipinski definition) is 4. The number of halogens is 1. The summed E-state index contributed by atoms with van der Waals surface area (Å²) >= 11 is 0. The Morgan fingerprint density at radius 2 is 2.40 bits per heavy atom. The molecular formula is C15H18FN3O. The average Bonchev–Trinajstić information content (AvgIpc) is 2.45. The molecule has 0 fully saturated rings. The van der Waals surface area contributed by atoms with Gasteiger partial charge >= 0.3 is 6.01 Å². The van der Waals surface area contributed by atoms with E-state index in [2.05, 4.69) is 40.9 Å². The predicted molar refractivity (Wildman–Crippen MR) is 76.6 cm³/mol. The highest BCUT2D eigenvalue weighted by molar-refractivity contribution is 5.41. The Morgan fingerprint density at radius 1 is 1.55 bits per heavy atom. The van der Waals surface area contributed by atoms with Crippen LogP contribution in [-0.2, 0) is 0 Å². The maximum Gasteiger partial charge on any atom is 0.317 e. The third-order valence-electron chi connectivity index (χ3n) is 2.90. The van der Waals surface area contributed by atoms with Crippen molar-refractivity contribution in [3.05, 3.63) is 48.2 Å². The molecule has 2 rings (SSSR count). The van der Waals surface area contributed by atoms with Crippen molar-refractivity contribution in [1.29, 1.82) is 0 Å². The summed E-state index contributed by atoms with van der Waals surface area (Å²) in [5.41, 5.74) is 1.44. The fraction of sp³-hybridized carbons (Fsp3) is 0.333. The molecule has 1 aromatic rings. The molecule has 0 amide bonds. The van der Waals surface area contributed by atoms with Crippen LogP contribution in [0.1, 0.15) is 25.5 Å². The lowest BCUT2D eigenvalue weighted by Crippen LogP contribution is -2.20. The minimum Gasteiger partial charge on any atom is -0.463 e. The Hall–Kier alpha value is -2.17. The topological polar surface area (TPSA) is 47.0 Å². The van der Waals surface area contributed by atoms with Crippen molar-refractivity contribution in [2.45, 2.75) is 25.8 Å². The first kappa shape index (κ1) is 14.2. The molecule has 4 nitrogen and oxygen atoms in total. The zero-order valence-electron chi connectivity index (χ0n) is 11.5. The van der Waals surface area contributed by atoms with Crippen LogP contribution in [0.25, 0.3) is 6.08 Å². The van der Waals surface area contributed by atoms with Gasteiger partial charge in [0.05, 0.1) is 12.8 Å². The van der Waals surface area contributed by atoms with Crippen LogP contribution in [0.15, 0.2) is 36.7 Å². The zero-order valence-corrected chi connectivity index (χ0v) is 11.5. The van der Waals surface area contributed by atoms with Crippen molar-refractivity contribution in [2.75, 3.05) is 6.61 Å². The summed E-state index contributed by atoms with van der Waals surface area (Å²) in [6, 6.07) is 0.552. The van der Waals surface area contributed by atoms with Crippen LogP contribution >= 0.6 is 0 Å². The van der Waals surface area contributed by atoms with Gasteiger partial charge in [-0.1, -0.05) is 12.7 Å². The quantitative estimate of drug-likeness (QED) is 0.811. The first-order valence-corrected chi connectivity index (χ1v) is 6.60. The first-order chi connectivity index (χ1) is 9.69. The van der Waals surface area contributed by atoms with Crippen molar-refractivity contribution < 1.29 is 9.13 Å². The van der Waals surface area contributed by atoms with Crippen molar-refractivity contribution in [2.24, 2.45) is 0 Å². The Labute approximate surface area is 118 Å². The summed E-state index contributed by atoms with van der Waals surface area (Å²) in [4.78, 5) is 7.71. The maximum absolute atomic E-state index is 13.2. The number of hydrogen-bond donors (Lipinski definition) is 1. The molecule has 1 atom stereocenters. The molecule has 0 saturated carbocycles. The maximum atomic E-state index is 13.2. The highest BCUT2D eigenvalue weighted by Gasteiger charge is 2.06. The number of allylic oxidation sites excluding steroid dienone is 2. The summed E-state index contributed by atoms with van der Waals surface area (Å²) in [5.74, 6) is -0.494. The average molecular weight is 275 g/mol. The summed E-state index contributed by atoms with van der Waals surface area (Å²) < 4.78 is 18.6. The molecular weight excluding hydrogens is 257 g/mol. The van der Waals surface area contributed by atoms with E-state index in [-0.39, 0.29) is 11.7 Å². The second kappa shape index (κ2) is 6.84. The smallest absolute Gasteiger partial charge is 0.317 e. The molecule has 1 aliphatic heterocycles. The Morgan fingerprint density at radius 3 is 3.15 bits per heavy atom. The Kier molecular flexibility index (Phi) is 4.87. The molecule has 1 N–H and O–H groups in total. The van der Waals surface area contributed by atoms with Crippen molar-refractivity contribution in [3.63, 3.8) is 0 Å². The lowest BCUT2D eigenvalue weighted by molar-refractivity contribution is 0.285. The highest BCUT2D eigenvalue weighted by Crippen LogP contribution is 2.13. The van der Waals surface area contributed by atoms with E-state index >= 15 is 0 Å². The molecule has 0 radical (unpaired) electrons. The van der Waals surface area contributed by atoms with Crippen LogP contribution in [0.4, 0.5) is 4.39 Å². The molecule has 0 spiro atoms. The molecule has 1 aromatic heterocycles. The second-order valence-corrected chi connectivity index (χ2v) is 4.57. The number of aromatic nitrogens is 2. The van der Waals surface area contributed by atoms with Crippen LogP contribution < -0.4 is 10.1 Å². The third kappa shape index (κ3) is 3.91. The number of nitrogens with one attached hydrogen (secondary N) is 1. The van der Waals surface area contributed by atoms with Gasteiger partial charge in [0.2, 0.25) is 0 Å². The monoisotopic (exact) mass is 275 g/mol. The molecule has 0 aromatic carbocycles. The van der Waals surface area contributed by atoms with Crippen LogP contribution in [0.5, 0.6) is 6.01 Å². The van der Waals surface area contributed by atoms with Gasteiger partial charge in [0.15, 0.2) is 5.82 Å². The van der Waals surface area contributed by atoms with Crippen molar-refractivity contribution in [1.82, 2.24) is 15.3 Å². The normalized spacial score (nSPS) is 17.3. The van der Waals surface area contributed by atoms with Gasteiger partial charge in [-0.05, 0) is 43.7 Å². The molecule has 5 heteroatoms. The van der Waals surface area contributed by atoms with Gasteiger partial charge in [0.25, 0.3) is 0 Å². The summed E-state index contributed by atoms with van der Waals surface area (Å²) in [5, 5.41) is 3.19. The van der Waals surface area contributed by atoms with E-state index in [1.54, 1.807) is 0 Å². The lowest BCUT2D eigenvalue weighted by Gasteiger charge is -2.14. The number of rotatable bonds is 6. The number of nitrogens with zero attached hydrogens (tertiary/aromatic N) is 2. The largest absolute Gasteiger partial charge is 0.463 e. The van der Waals surface area contributed by atoms with Crippen LogP contribution in [0.3, 0.4) is 0 Å². The molecule has 2 heterocycles. The minimum absolute atomic E-state index is 0.160. The molecule has 1 aliphatic rings. The first-order valence-electron chi connectivity index (χ1n) is 6.60. The molecule has 106 valence electrons. The van der Waals surface area contributed by atoms with Gasteiger partial charge < -0.3 is 10.1 Å². The number of ether oxygens (including phenoxy) is 1. The van der Waals surface area contributed by atoms with E-state index in [1.165, 1.54) is 11.6 Å². The zero-order chi connectivity index (χ0) is 14.4. The van der Waals surface area contributed by atoms with E-state index in [9.17, 15) is 4.39 Å². The van der Waals surface area contributed by atoms with Gasteiger partial charge in [-0.15, -0.1) is 0 Å².